The van der Waals surface area contributed by atoms with Crippen molar-refractivity contribution in [2.24, 2.45) is 0 Å². The highest BCUT2D eigenvalue weighted by Crippen LogP contribution is 2.48. The van der Waals surface area contributed by atoms with Crippen LogP contribution in [-0.4, -0.2) is 9.13 Å². The largest absolute Gasteiger partial charge is 0.416 e. The second-order valence-electron chi connectivity index (χ2n) is 20.9. The summed E-state index contributed by atoms with van der Waals surface area (Å²) in [5, 5.41) is 26.3. The van der Waals surface area contributed by atoms with Crippen LogP contribution in [0.1, 0.15) is 38.9 Å². The monoisotopic (exact) mass is 1040 g/mol. The molecule has 0 fully saturated rings. The molecule has 382 valence electrons. The van der Waals surface area contributed by atoms with E-state index in [2.05, 4.69) is 219 Å². The van der Waals surface area contributed by atoms with Gasteiger partial charge in [-0.15, -0.1) is 0 Å². The Labute approximate surface area is 461 Å². The van der Waals surface area contributed by atoms with Crippen molar-refractivity contribution in [3.63, 3.8) is 0 Å². The van der Waals surface area contributed by atoms with Gasteiger partial charge in [0.2, 0.25) is 0 Å². The molecule has 11 aromatic carbocycles. The minimum absolute atomic E-state index is 0.147. The Morgan fingerprint density at radius 1 is 0.325 bits per heavy atom. The smallest absolute Gasteiger partial charge is 0.309 e. The normalized spacial score (nSPS) is 11.7. The van der Waals surface area contributed by atoms with Crippen molar-refractivity contribution in [2.75, 3.05) is 0 Å². The summed E-state index contributed by atoms with van der Waals surface area (Å²) in [6, 6.07) is 79.5. The molecule has 7 heteroatoms. The molecular formula is C73H49F3N4. The average Bonchev–Trinajstić information content (AvgIpc) is 3.99. The van der Waals surface area contributed by atoms with Crippen molar-refractivity contribution < 1.29 is 13.2 Å². The van der Waals surface area contributed by atoms with Crippen LogP contribution in [0.4, 0.5) is 13.2 Å². The molecule has 80 heavy (non-hydrogen) atoms. The summed E-state index contributed by atoms with van der Waals surface area (Å²) in [5.41, 5.74) is 19.2. The van der Waals surface area contributed by atoms with Crippen LogP contribution in [0.25, 0.3) is 122 Å². The van der Waals surface area contributed by atoms with Gasteiger partial charge in [0.1, 0.15) is 0 Å². The van der Waals surface area contributed by atoms with Crippen LogP contribution >= 0.6 is 0 Å². The number of hydrogen-bond donors (Lipinski definition) is 0. The maximum Gasteiger partial charge on any atom is 0.416 e. The summed E-state index contributed by atoms with van der Waals surface area (Å²) in [4.78, 5) is 0. The minimum Gasteiger partial charge on any atom is -0.309 e. The number of hydrogen-bond acceptors (Lipinski definition) is 2. The molecule has 0 bridgehead atoms. The van der Waals surface area contributed by atoms with E-state index in [9.17, 15) is 23.7 Å². The SMILES string of the molecule is Cc1ccc(-c2ccc3c(c2)c2cc(-c4ccc(C)cc4)ccc2n3-c2cccc(C#N)c2-c2c(-c3ccc(C(F)(F)F)cc3C#N)cccc2-n2c3ccc(-c4ccc(C)cc4)cc3c3cc(-c4ccc(C)cc4)ccc32)cc1. The van der Waals surface area contributed by atoms with Crippen LogP contribution in [0.5, 0.6) is 0 Å². The molecule has 2 heterocycles. The van der Waals surface area contributed by atoms with Crippen LogP contribution < -0.4 is 0 Å². The predicted molar refractivity (Wildman–Crippen MR) is 321 cm³/mol. The molecule has 0 N–H and O–H groups in total. The lowest BCUT2D eigenvalue weighted by Gasteiger charge is -2.23. The molecule has 4 nitrogen and oxygen atoms in total. The van der Waals surface area contributed by atoms with E-state index in [1.165, 1.54) is 6.07 Å². The summed E-state index contributed by atoms with van der Waals surface area (Å²) >= 11 is 0. The first-order chi connectivity index (χ1) is 38.8. The molecule has 0 aliphatic rings. The summed E-state index contributed by atoms with van der Waals surface area (Å²) in [7, 11) is 0. The van der Waals surface area contributed by atoms with Gasteiger partial charge in [-0.3, -0.25) is 0 Å². The van der Waals surface area contributed by atoms with E-state index in [1.54, 1.807) is 6.07 Å². The quantitative estimate of drug-likeness (QED) is 0.152. The highest BCUT2D eigenvalue weighted by Gasteiger charge is 2.32. The van der Waals surface area contributed by atoms with E-state index in [-0.39, 0.29) is 5.56 Å². The lowest BCUT2D eigenvalue weighted by Crippen LogP contribution is -2.07. The Morgan fingerprint density at radius 2 is 0.662 bits per heavy atom. The van der Waals surface area contributed by atoms with Gasteiger partial charge in [0.25, 0.3) is 0 Å². The van der Waals surface area contributed by atoms with Crippen molar-refractivity contribution in [3.05, 3.63) is 263 Å². The molecule has 13 rings (SSSR count). The summed E-state index contributed by atoms with van der Waals surface area (Å²) in [6.45, 7) is 8.30. The number of benzene rings is 11. The highest BCUT2D eigenvalue weighted by molar-refractivity contribution is 6.15. The lowest BCUT2D eigenvalue weighted by atomic mass is 9.87. The first-order valence-corrected chi connectivity index (χ1v) is 26.6. The average molecular weight is 1040 g/mol. The lowest BCUT2D eigenvalue weighted by molar-refractivity contribution is -0.137. The fourth-order valence-corrected chi connectivity index (χ4v) is 11.6. The van der Waals surface area contributed by atoms with E-state index in [0.717, 1.165) is 123 Å². The van der Waals surface area contributed by atoms with E-state index >= 15 is 0 Å². The van der Waals surface area contributed by atoms with Crippen molar-refractivity contribution in [3.8, 4) is 90.3 Å². The summed E-state index contributed by atoms with van der Waals surface area (Å²) in [6.07, 6.45) is -4.69. The number of aryl methyl sites for hydroxylation is 4. The van der Waals surface area contributed by atoms with Gasteiger partial charge < -0.3 is 9.13 Å². The molecule has 0 aliphatic heterocycles. The van der Waals surface area contributed by atoms with Gasteiger partial charge in [-0.2, -0.15) is 23.7 Å². The van der Waals surface area contributed by atoms with Crippen molar-refractivity contribution in [1.29, 1.82) is 10.5 Å². The van der Waals surface area contributed by atoms with Gasteiger partial charge >= 0.3 is 6.18 Å². The highest BCUT2D eigenvalue weighted by atomic mass is 19.4. The molecule has 0 saturated carbocycles. The minimum atomic E-state index is -4.69. The van der Waals surface area contributed by atoms with Gasteiger partial charge in [0, 0.05) is 38.2 Å². The molecule has 0 atom stereocenters. The fourth-order valence-electron chi connectivity index (χ4n) is 11.6. The predicted octanol–water partition coefficient (Wildman–Crippen LogP) is 19.9. The third kappa shape index (κ3) is 8.48. The number of nitrogens with zero attached hydrogens (tertiary/aromatic N) is 4. The number of aromatic nitrogens is 2. The van der Waals surface area contributed by atoms with Gasteiger partial charge in [0.15, 0.2) is 0 Å². The van der Waals surface area contributed by atoms with E-state index in [4.69, 9.17) is 0 Å². The number of fused-ring (bicyclic) bond motifs is 6. The zero-order valence-electron chi connectivity index (χ0n) is 44.3. The number of rotatable bonds is 8. The summed E-state index contributed by atoms with van der Waals surface area (Å²) < 4.78 is 48.0. The molecule has 0 spiro atoms. The summed E-state index contributed by atoms with van der Waals surface area (Å²) in [5.74, 6) is 0. The molecule has 0 unspecified atom stereocenters. The number of halogens is 3. The number of alkyl halides is 3. The second kappa shape index (κ2) is 19.4. The van der Waals surface area contributed by atoms with Gasteiger partial charge in [0.05, 0.1) is 62.3 Å². The molecule has 0 radical (unpaired) electrons. The Morgan fingerprint density at radius 3 is 1.01 bits per heavy atom. The number of nitriles is 2. The van der Waals surface area contributed by atoms with Gasteiger partial charge in [-0.05, 0) is 157 Å². The Bertz CT molecular complexity index is 4510. The van der Waals surface area contributed by atoms with E-state index < -0.39 is 11.7 Å². The third-order valence-electron chi connectivity index (χ3n) is 15.8. The standard InChI is InChI=1S/C73H49F3N4/c1-44-11-19-48(20-12-44)52-27-33-65-61(38-52)62-39-53(49-21-13-45(2)14-22-49)28-34-66(62)79(65)69-9-5-7-56(42-77)71(69)72-60(59-32-31-58(73(74,75)76)37-57(59)43-78)8-6-10-70(72)80-67-35-29-54(50-23-15-46(3)16-24-50)40-63(67)64-41-55(30-36-68(64)80)51-25-17-47(4)18-26-51/h5-41H,1-4H3. The molecule has 0 saturated heterocycles. The molecule has 2 aromatic heterocycles. The van der Waals surface area contributed by atoms with Gasteiger partial charge in [-0.1, -0.05) is 168 Å². The second-order valence-corrected chi connectivity index (χ2v) is 20.9. The van der Waals surface area contributed by atoms with Gasteiger partial charge in [-0.25, -0.2) is 0 Å². The Kier molecular flexibility index (Phi) is 11.9. The van der Waals surface area contributed by atoms with Crippen molar-refractivity contribution >= 4 is 43.6 Å². The zero-order valence-corrected chi connectivity index (χ0v) is 44.3. The van der Waals surface area contributed by atoms with E-state index in [0.29, 0.717) is 39.2 Å². The first-order valence-electron chi connectivity index (χ1n) is 26.6. The van der Waals surface area contributed by atoms with Crippen LogP contribution in [-0.2, 0) is 6.18 Å². The topological polar surface area (TPSA) is 57.4 Å². The molecule has 0 amide bonds. The molecule has 13 aromatic rings. The van der Waals surface area contributed by atoms with Crippen LogP contribution in [0.3, 0.4) is 0 Å². The van der Waals surface area contributed by atoms with Crippen molar-refractivity contribution in [1.82, 2.24) is 9.13 Å². The first kappa shape index (κ1) is 49.4. The zero-order chi connectivity index (χ0) is 55.0. The van der Waals surface area contributed by atoms with Crippen LogP contribution in [0.15, 0.2) is 224 Å². The molecule has 0 aliphatic carbocycles. The fraction of sp³-hybridized carbons (Fsp3) is 0.0685. The van der Waals surface area contributed by atoms with Crippen molar-refractivity contribution in [2.45, 2.75) is 33.9 Å². The maximum atomic E-state index is 14.5. The Hall–Kier alpha value is -10.2. The van der Waals surface area contributed by atoms with Crippen LogP contribution in [0, 0.1) is 50.4 Å². The van der Waals surface area contributed by atoms with E-state index in [1.807, 2.05) is 30.3 Å². The third-order valence-corrected chi connectivity index (χ3v) is 15.8. The van der Waals surface area contributed by atoms with Crippen LogP contribution in [0.2, 0.25) is 0 Å². The maximum absolute atomic E-state index is 14.5. The Balaban J connectivity index is 1.15. The molecular weight excluding hydrogens is 990 g/mol.